The summed E-state index contributed by atoms with van der Waals surface area (Å²) in [4.78, 5) is 17.5. The minimum Gasteiger partial charge on any atom is -0.388 e. The van der Waals surface area contributed by atoms with Crippen molar-refractivity contribution in [1.29, 1.82) is 0 Å². The third-order valence-electron chi connectivity index (χ3n) is 7.20. The number of hydrogen-bond donors (Lipinski definition) is 3. The van der Waals surface area contributed by atoms with Crippen molar-refractivity contribution in [3.63, 3.8) is 0 Å². The van der Waals surface area contributed by atoms with E-state index in [2.05, 4.69) is 25.6 Å². The second-order valence-electron chi connectivity index (χ2n) is 10.0. The molecule has 0 aliphatic heterocycles. The number of pyridine rings is 1. The van der Waals surface area contributed by atoms with Crippen LogP contribution in [-0.4, -0.2) is 47.6 Å². The van der Waals surface area contributed by atoms with Crippen LogP contribution in [0.2, 0.25) is 0 Å². The van der Waals surface area contributed by atoms with E-state index >= 15 is 0 Å². The molecular formula is C28H27FN6O2. The molecule has 2 unspecified atom stereocenters. The summed E-state index contributed by atoms with van der Waals surface area (Å²) in [7, 11) is 0. The van der Waals surface area contributed by atoms with Crippen LogP contribution in [0.5, 0.6) is 0 Å². The highest BCUT2D eigenvalue weighted by Crippen LogP contribution is 2.32. The highest BCUT2D eigenvalue weighted by atomic mass is 19.1. The molecule has 0 spiro atoms. The first kappa shape index (κ1) is 23.3. The number of aromatic nitrogens is 5. The molecule has 1 amide bonds. The van der Waals surface area contributed by atoms with Gasteiger partial charge in [0.25, 0.3) is 5.91 Å². The van der Waals surface area contributed by atoms with Crippen LogP contribution in [0.1, 0.15) is 41.7 Å². The number of aliphatic hydroxyl groups is 1. The fourth-order valence-corrected chi connectivity index (χ4v) is 5.41. The minimum absolute atomic E-state index is 0.173. The fourth-order valence-electron chi connectivity index (χ4n) is 5.41. The molecular weight excluding hydrogens is 471 g/mol. The lowest BCUT2D eigenvalue weighted by atomic mass is 9.81. The van der Waals surface area contributed by atoms with Gasteiger partial charge in [-0.1, -0.05) is 0 Å². The maximum absolute atomic E-state index is 13.6. The van der Waals surface area contributed by atoms with Gasteiger partial charge in [-0.15, -0.1) is 0 Å². The number of carbonyl (C=O) groups excluding carboxylic acids is 1. The number of aryl methyl sites for hydroxylation is 1. The van der Waals surface area contributed by atoms with Crippen LogP contribution in [0.15, 0.2) is 60.9 Å². The number of hydrogen-bond acceptors (Lipinski definition) is 5. The lowest BCUT2D eigenvalue weighted by molar-refractivity contribution is -0.0227. The van der Waals surface area contributed by atoms with Crippen molar-refractivity contribution >= 4 is 27.7 Å². The number of nitrogens with zero attached hydrogens (tertiary/aromatic N) is 4. The monoisotopic (exact) mass is 498 g/mol. The maximum Gasteiger partial charge on any atom is 0.251 e. The van der Waals surface area contributed by atoms with Crippen molar-refractivity contribution in [2.75, 3.05) is 0 Å². The van der Waals surface area contributed by atoms with Gasteiger partial charge in [0.1, 0.15) is 11.5 Å². The highest BCUT2D eigenvalue weighted by Gasteiger charge is 2.36. The van der Waals surface area contributed by atoms with Crippen LogP contribution >= 0.6 is 0 Å². The van der Waals surface area contributed by atoms with Crippen molar-refractivity contribution in [1.82, 2.24) is 30.3 Å². The molecule has 8 nitrogen and oxygen atoms in total. The van der Waals surface area contributed by atoms with E-state index in [9.17, 15) is 14.3 Å². The standard InChI is InChI=1S/C28H27FN6O2/c1-17-11-18(8-10-30-17)26-23-13-19(4-6-24(23)33-34-26)27(36)32-22-3-2-9-28(37,14-22)16-35-25-7-5-21(29)12-20(25)15-31-35/h4-8,10-13,15,22,37H,2-3,9,14,16H2,1H3,(H,32,36)(H,33,34). The van der Waals surface area contributed by atoms with E-state index in [1.165, 1.54) is 12.1 Å². The van der Waals surface area contributed by atoms with E-state index < -0.39 is 5.60 Å². The van der Waals surface area contributed by atoms with Gasteiger partial charge in [-0.2, -0.15) is 10.2 Å². The third-order valence-corrected chi connectivity index (χ3v) is 7.20. The molecule has 5 aromatic rings. The Labute approximate surface area is 212 Å². The summed E-state index contributed by atoms with van der Waals surface area (Å²) in [5.74, 6) is -0.503. The average molecular weight is 499 g/mol. The van der Waals surface area contributed by atoms with Crippen molar-refractivity contribution in [2.24, 2.45) is 0 Å². The van der Waals surface area contributed by atoms with Gasteiger partial charge in [0, 0.05) is 39.8 Å². The molecule has 3 heterocycles. The molecule has 0 bridgehead atoms. The molecule has 1 aliphatic rings. The number of rotatable bonds is 5. The lowest BCUT2D eigenvalue weighted by Gasteiger charge is -2.37. The Hall–Kier alpha value is -4.11. The normalized spacial score (nSPS) is 19.9. The van der Waals surface area contributed by atoms with Crippen molar-refractivity contribution < 1.29 is 14.3 Å². The van der Waals surface area contributed by atoms with E-state index in [0.717, 1.165) is 46.2 Å². The van der Waals surface area contributed by atoms with Gasteiger partial charge >= 0.3 is 0 Å². The molecule has 2 atom stereocenters. The number of amides is 1. The molecule has 2 aromatic carbocycles. The van der Waals surface area contributed by atoms with Crippen molar-refractivity contribution in [3.8, 4) is 11.3 Å². The summed E-state index contributed by atoms with van der Waals surface area (Å²) in [5.41, 5.74) is 3.73. The fraction of sp³-hybridized carbons (Fsp3) is 0.286. The number of aromatic amines is 1. The van der Waals surface area contributed by atoms with Crippen LogP contribution in [0.25, 0.3) is 33.1 Å². The van der Waals surface area contributed by atoms with Gasteiger partial charge in [0.2, 0.25) is 0 Å². The van der Waals surface area contributed by atoms with Gasteiger partial charge in [-0.25, -0.2) is 4.39 Å². The third kappa shape index (κ3) is 4.58. The molecule has 1 fully saturated rings. The summed E-state index contributed by atoms with van der Waals surface area (Å²) in [6, 6.07) is 13.7. The number of halogens is 1. The number of fused-ring (bicyclic) bond motifs is 2. The Morgan fingerprint density at radius 1 is 1.24 bits per heavy atom. The Kier molecular flexibility index (Phi) is 5.72. The number of H-pyrrole nitrogens is 1. The van der Waals surface area contributed by atoms with Crippen molar-refractivity contribution in [3.05, 3.63) is 78.0 Å². The molecule has 3 aromatic heterocycles. The highest BCUT2D eigenvalue weighted by molar-refractivity contribution is 6.01. The molecule has 1 saturated carbocycles. The molecule has 6 rings (SSSR count). The van der Waals surface area contributed by atoms with Crippen LogP contribution in [0, 0.1) is 12.7 Å². The van der Waals surface area contributed by atoms with E-state index in [1.807, 2.05) is 31.2 Å². The quantitative estimate of drug-likeness (QED) is 0.330. The van der Waals surface area contributed by atoms with Crippen LogP contribution in [-0.2, 0) is 6.54 Å². The van der Waals surface area contributed by atoms with E-state index in [0.29, 0.717) is 23.8 Å². The molecule has 37 heavy (non-hydrogen) atoms. The second-order valence-corrected chi connectivity index (χ2v) is 10.0. The Morgan fingerprint density at radius 3 is 3.00 bits per heavy atom. The Balaban J connectivity index is 1.19. The predicted octanol–water partition coefficient (Wildman–Crippen LogP) is 4.53. The summed E-state index contributed by atoms with van der Waals surface area (Å²) in [5, 5.41) is 27.9. The van der Waals surface area contributed by atoms with Gasteiger partial charge in [0.15, 0.2) is 0 Å². The topological polar surface area (TPSA) is 109 Å². The summed E-state index contributed by atoms with van der Waals surface area (Å²) in [6.45, 7) is 2.21. The second kappa shape index (κ2) is 9.08. The van der Waals surface area contributed by atoms with E-state index in [4.69, 9.17) is 0 Å². The molecule has 0 radical (unpaired) electrons. The zero-order valence-electron chi connectivity index (χ0n) is 20.4. The van der Waals surface area contributed by atoms with Crippen LogP contribution < -0.4 is 5.32 Å². The molecule has 1 aliphatic carbocycles. The first-order chi connectivity index (χ1) is 17.9. The number of benzene rings is 2. The Bertz CT molecular complexity index is 1630. The predicted molar refractivity (Wildman–Crippen MR) is 138 cm³/mol. The van der Waals surface area contributed by atoms with Gasteiger partial charge in [-0.05, 0) is 81.1 Å². The largest absolute Gasteiger partial charge is 0.388 e. The first-order valence-electron chi connectivity index (χ1n) is 12.4. The number of nitrogens with one attached hydrogen (secondary N) is 2. The summed E-state index contributed by atoms with van der Waals surface area (Å²) in [6.07, 6.45) is 5.94. The average Bonchev–Trinajstić information content (AvgIpc) is 3.47. The number of carbonyl (C=O) groups is 1. The SMILES string of the molecule is Cc1cc(-c2n[nH]c3ccc(C(=O)NC4CCCC(O)(Cn5ncc6cc(F)ccc65)C4)cc23)ccn1. The molecule has 0 saturated heterocycles. The zero-order valence-corrected chi connectivity index (χ0v) is 20.4. The summed E-state index contributed by atoms with van der Waals surface area (Å²) >= 11 is 0. The van der Waals surface area contributed by atoms with Gasteiger partial charge in [0.05, 0.1) is 29.4 Å². The van der Waals surface area contributed by atoms with Crippen molar-refractivity contribution in [2.45, 2.75) is 50.8 Å². The van der Waals surface area contributed by atoms with E-state index in [-0.39, 0.29) is 24.3 Å². The summed E-state index contributed by atoms with van der Waals surface area (Å²) < 4.78 is 15.3. The van der Waals surface area contributed by atoms with Crippen LogP contribution in [0.3, 0.4) is 0 Å². The van der Waals surface area contributed by atoms with E-state index in [1.54, 1.807) is 29.2 Å². The van der Waals surface area contributed by atoms with Gasteiger partial charge in [-0.3, -0.25) is 19.6 Å². The Morgan fingerprint density at radius 2 is 2.14 bits per heavy atom. The smallest absolute Gasteiger partial charge is 0.251 e. The molecule has 9 heteroatoms. The minimum atomic E-state index is -1.02. The van der Waals surface area contributed by atoms with Crippen LogP contribution in [0.4, 0.5) is 4.39 Å². The maximum atomic E-state index is 13.6. The molecule has 188 valence electrons. The van der Waals surface area contributed by atoms with Gasteiger partial charge < -0.3 is 10.4 Å². The lowest BCUT2D eigenvalue weighted by Crippen LogP contribution is -2.47. The molecule has 3 N–H and O–H groups in total. The zero-order chi connectivity index (χ0) is 25.6. The first-order valence-corrected chi connectivity index (χ1v) is 12.4.